The average Bonchev–Trinajstić information content (AvgIpc) is 3.49. The van der Waals surface area contributed by atoms with E-state index in [9.17, 15) is 19.2 Å². The number of fused-ring (bicyclic) bond motifs is 2. The van der Waals surface area contributed by atoms with Gasteiger partial charge in [-0.2, -0.15) is 0 Å². The average molecular weight is 771 g/mol. The number of nitrogens with zero attached hydrogens (tertiary/aromatic N) is 1. The summed E-state index contributed by atoms with van der Waals surface area (Å²) in [6.07, 6.45) is 4.41. The number of nitrogens with one attached hydrogen (secondary N) is 3. The molecule has 3 amide bonds. The fourth-order valence-corrected chi connectivity index (χ4v) is 5.06. The van der Waals surface area contributed by atoms with Gasteiger partial charge in [0.15, 0.2) is 13.2 Å². The van der Waals surface area contributed by atoms with Gasteiger partial charge < -0.3 is 36.0 Å². The van der Waals surface area contributed by atoms with E-state index in [0.717, 1.165) is 73.5 Å². The van der Waals surface area contributed by atoms with E-state index >= 15 is 0 Å². The highest BCUT2D eigenvalue weighted by molar-refractivity contribution is 6.40. The van der Waals surface area contributed by atoms with Gasteiger partial charge in [0.1, 0.15) is 11.5 Å². The maximum Gasteiger partial charge on any atom is 0.370 e. The van der Waals surface area contributed by atoms with Crippen LogP contribution < -0.4 is 31.2 Å². The second-order valence-corrected chi connectivity index (χ2v) is 12.6. The maximum atomic E-state index is 11.9. The summed E-state index contributed by atoms with van der Waals surface area (Å²) in [6.45, 7) is 5.06. The molecule has 4 aromatic rings. The van der Waals surface area contributed by atoms with Crippen LogP contribution in [0.3, 0.4) is 0 Å². The van der Waals surface area contributed by atoms with Crippen molar-refractivity contribution in [1.29, 1.82) is 0 Å². The number of alkyl halides is 2. The number of rotatable bonds is 19. The molecule has 0 atom stereocenters. The van der Waals surface area contributed by atoms with E-state index in [1.807, 2.05) is 66.7 Å². The molecule has 12 nitrogen and oxygen atoms in total. The highest BCUT2D eigenvalue weighted by atomic mass is 35.5. The highest BCUT2D eigenvalue weighted by Crippen LogP contribution is 2.21. The van der Waals surface area contributed by atoms with Crippen molar-refractivity contribution in [3.05, 3.63) is 84.9 Å². The summed E-state index contributed by atoms with van der Waals surface area (Å²) in [5.41, 5.74) is 5.45. The smallest absolute Gasteiger partial charge is 0.370 e. The first-order valence-corrected chi connectivity index (χ1v) is 18.7. The number of hydrogen-bond donors (Lipinski definition) is 4. The minimum absolute atomic E-state index is 0.0446. The molecule has 5 N–H and O–H groups in total. The number of imide groups is 1. The quantitative estimate of drug-likeness (QED) is 0.0561. The molecule has 53 heavy (non-hydrogen) atoms. The van der Waals surface area contributed by atoms with E-state index in [4.69, 9.17) is 43.2 Å². The Morgan fingerprint density at radius 2 is 1.11 bits per heavy atom. The summed E-state index contributed by atoms with van der Waals surface area (Å²) in [5.74, 6) is -0.677. The third-order valence-electron chi connectivity index (χ3n) is 7.73. The van der Waals surface area contributed by atoms with Gasteiger partial charge in [0, 0.05) is 19.4 Å². The number of benzene rings is 4. The number of nitrogens with two attached hydrogens (primary N) is 1. The molecule has 0 bridgehead atoms. The second kappa shape index (κ2) is 25.5. The molecule has 1 fully saturated rings. The molecule has 0 saturated carbocycles. The van der Waals surface area contributed by atoms with Crippen LogP contribution in [-0.4, -0.2) is 86.6 Å². The largest absolute Gasteiger partial charge is 0.484 e. The van der Waals surface area contributed by atoms with Crippen molar-refractivity contribution >= 4 is 68.4 Å². The molecular formula is C39H49Cl2N5O7. The van der Waals surface area contributed by atoms with Crippen LogP contribution >= 0.6 is 23.2 Å². The Balaban J connectivity index is 0.000000271. The van der Waals surface area contributed by atoms with Crippen molar-refractivity contribution in [1.82, 2.24) is 21.0 Å². The number of carbonyl (C=O) groups excluding carboxylic acids is 4. The van der Waals surface area contributed by atoms with E-state index < -0.39 is 17.8 Å². The van der Waals surface area contributed by atoms with Crippen LogP contribution in [0.1, 0.15) is 38.5 Å². The lowest BCUT2D eigenvalue weighted by Gasteiger charge is -2.13. The van der Waals surface area contributed by atoms with Gasteiger partial charge in [0.05, 0.1) is 5.34 Å². The van der Waals surface area contributed by atoms with Crippen molar-refractivity contribution in [3.8, 4) is 11.5 Å². The lowest BCUT2D eigenvalue weighted by Crippen LogP contribution is -2.33. The van der Waals surface area contributed by atoms with Crippen LogP contribution in [0.25, 0.3) is 21.5 Å². The molecule has 1 heterocycles. The Hall–Kier alpha value is -4.46. The molecule has 0 radical (unpaired) electrons. The molecule has 286 valence electrons. The topological polar surface area (TPSA) is 161 Å². The van der Waals surface area contributed by atoms with Crippen molar-refractivity contribution in [2.45, 2.75) is 38.5 Å². The van der Waals surface area contributed by atoms with Crippen LogP contribution in [0, 0.1) is 0 Å². The molecule has 1 aliphatic heterocycles. The van der Waals surface area contributed by atoms with Crippen molar-refractivity contribution in [3.63, 3.8) is 0 Å². The van der Waals surface area contributed by atoms with Gasteiger partial charge in [-0.15, -0.1) is 28.3 Å². The highest BCUT2D eigenvalue weighted by Gasteiger charge is 2.32. The zero-order valence-corrected chi connectivity index (χ0v) is 31.3. The first-order chi connectivity index (χ1) is 25.8. The molecule has 0 aliphatic carbocycles. The summed E-state index contributed by atoms with van der Waals surface area (Å²) >= 11 is 9.53. The first kappa shape index (κ1) is 42.9. The zero-order valence-electron chi connectivity index (χ0n) is 29.8. The van der Waals surface area contributed by atoms with E-state index in [1.165, 1.54) is 6.42 Å². The van der Waals surface area contributed by atoms with E-state index in [-0.39, 0.29) is 37.3 Å². The third-order valence-corrected chi connectivity index (χ3v) is 7.73. The van der Waals surface area contributed by atoms with Crippen LogP contribution in [0.15, 0.2) is 84.9 Å². The second-order valence-electron chi connectivity index (χ2n) is 11.8. The van der Waals surface area contributed by atoms with Crippen molar-refractivity contribution in [2.24, 2.45) is 5.73 Å². The van der Waals surface area contributed by atoms with Gasteiger partial charge in [-0.1, -0.05) is 60.7 Å². The molecule has 0 spiro atoms. The Bertz CT molecular complexity index is 1710. The predicted octanol–water partition coefficient (Wildman–Crippen LogP) is 5.28. The zero-order chi connectivity index (χ0) is 38.1. The van der Waals surface area contributed by atoms with Gasteiger partial charge in [0.25, 0.3) is 17.7 Å². The van der Waals surface area contributed by atoms with Gasteiger partial charge in [-0.05, 0) is 104 Å². The Labute approximate surface area is 320 Å². The Morgan fingerprint density at radius 1 is 0.642 bits per heavy atom. The van der Waals surface area contributed by atoms with Crippen LogP contribution in [-0.2, 0) is 24.0 Å². The fraction of sp³-hybridized carbons (Fsp3) is 0.385. The number of unbranched alkanes of at least 4 members (excludes halogenated alkanes) is 1. The number of amides is 3. The molecule has 4 aromatic carbocycles. The molecule has 5 rings (SSSR count). The minimum Gasteiger partial charge on any atom is -0.484 e. The molecule has 1 saturated heterocycles. The molecule has 14 heteroatoms. The summed E-state index contributed by atoms with van der Waals surface area (Å²) in [4.78, 5) is 50.9. The van der Waals surface area contributed by atoms with Gasteiger partial charge in [-0.25, -0.2) is 4.79 Å². The summed E-state index contributed by atoms with van der Waals surface area (Å²) in [5, 5.41) is 14.7. The SMILES string of the molecule is ClCCl.NCCCNCCCCNCCCNC(=O)COc1ccc2ccccc2c1.O=C(COc1ccc2ccccc2c1)ON1C(=O)CCC1=O. The third kappa shape index (κ3) is 16.8. The number of hydrogen-bond acceptors (Lipinski definition) is 10. The monoisotopic (exact) mass is 769 g/mol. The van der Waals surface area contributed by atoms with Crippen molar-refractivity contribution in [2.75, 3.05) is 57.8 Å². The molecular weight excluding hydrogens is 721 g/mol. The molecule has 1 aliphatic rings. The van der Waals surface area contributed by atoms with Crippen LogP contribution in [0.2, 0.25) is 0 Å². The summed E-state index contributed by atoms with van der Waals surface area (Å²) < 4.78 is 10.9. The Morgan fingerprint density at radius 3 is 1.64 bits per heavy atom. The van der Waals surface area contributed by atoms with E-state index in [2.05, 4.69) is 22.0 Å². The lowest BCUT2D eigenvalue weighted by atomic mass is 10.1. The summed E-state index contributed by atoms with van der Waals surface area (Å²) in [7, 11) is 0. The normalized spacial score (nSPS) is 12.1. The number of hydroxylamine groups is 2. The fourth-order valence-electron chi connectivity index (χ4n) is 5.06. The molecule has 0 aromatic heterocycles. The lowest BCUT2D eigenvalue weighted by molar-refractivity contribution is -0.198. The number of ether oxygens (including phenoxy) is 2. The maximum absolute atomic E-state index is 11.9. The summed E-state index contributed by atoms with van der Waals surface area (Å²) in [6, 6.07) is 27.1. The van der Waals surface area contributed by atoms with Gasteiger partial charge >= 0.3 is 5.97 Å². The van der Waals surface area contributed by atoms with E-state index in [0.29, 0.717) is 23.1 Å². The number of carbonyl (C=O) groups is 4. The predicted molar refractivity (Wildman–Crippen MR) is 209 cm³/mol. The number of halogens is 2. The first-order valence-electron chi connectivity index (χ1n) is 17.6. The van der Waals surface area contributed by atoms with Crippen LogP contribution in [0.4, 0.5) is 0 Å². The molecule has 0 unspecified atom stereocenters. The van der Waals surface area contributed by atoms with Crippen LogP contribution in [0.5, 0.6) is 11.5 Å². The van der Waals surface area contributed by atoms with Crippen molar-refractivity contribution < 1.29 is 33.5 Å². The van der Waals surface area contributed by atoms with E-state index in [1.54, 1.807) is 12.1 Å². The van der Waals surface area contributed by atoms with Gasteiger partial charge in [0.2, 0.25) is 0 Å². The minimum atomic E-state index is -0.795. The van der Waals surface area contributed by atoms with Gasteiger partial charge in [-0.3, -0.25) is 14.4 Å². The Kier molecular flexibility index (Phi) is 20.7. The standard InChI is InChI=1S/C22H34N4O2.C16H13NO5.CH2Cl2/c23-11-5-14-24-12-3-4-13-25-15-6-16-26-22(27)18-28-21-10-9-19-7-1-2-8-20(19)17-21;18-14-7-8-15(19)17(14)22-16(20)10-21-13-6-5-11-3-1-2-4-12(11)9-13;2-1-3/h1-2,7-10,17,24-25H,3-6,11-16,18,23H2,(H,26,27);1-6,9H,7-8,10H2;1H2.